The van der Waals surface area contributed by atoms with E-state index in [0.717, 1.165) is 32.6 Å². The van der Waals surface area contributed by atoms with E-state index in [0.29, 0.717) is 23.2 Å². The summed E-state index contributed by atoms with van der Waals surface area (Å²) in [6.45, 7) is 8.68. The number of amides is 9. The number of guanidine groups is 2. The van der Waals surface area contributed by atoms with Gasteiger partial charge in [0.25, 0.3) is 0 Å². The van der Waals surface area contributed by atoms with E-state index in [1.165, 1.54) is 89.9 Å². The fraction of sp³-hybridized carbons (Fsp3) is 0.609. The quantitative estimate of drug-likeness (QED) is 0.0214. The van der Waals surface area contributed by atoms with Crippen LogP contribution in [0.2, 0.25) is 0 Å². The van der Waals surface area contributed by atoms with Crippen LogP contribution in [0.4, 0.5) is 0 Å². The Bertz CT molecular complexity index is 3020. The summed E-state index contributed by atoms with van der Waals surface area (Å²) in [6.07, 6.45) is 15.8. The third-order valence-corrected chi connectivity index (χ3v) is 16.3. The maximum Gasteiger partial charge on any atom is 0.245 e. The number of aliphatic hydroxyl groups excluding tert-OH is 2. The number of phenolic OH excluding ortho intramolecular Hbond substituents is 1. The maximum absolute atomic E-state index is 14.9. The fourth-order valence-electron chi connectivity index (χ4n) is 10.8. The summed E-state index contributed by atoms with van der Waals surface area (Å²) < 4.78 is 0. The van der Waals surface area contributed by atoms with Gasteiger partial charge in [0, 0.05) is 50.7 Å². The Balaban J connectivity index is 1.93. The lowest BCUT2D eigenvalue weighted by molar-refractivity contribution is -0.136. The van der Waals surface area contributed by atoms with Crippen LogP contribution in [0.3, 0.4) is 0 Å². The summed E-state index contributed by atoms with van der Waals surface area (Å²) >= 11 is 0. The summed E-state index contributed by atoms with van der Waals surface area (Å²) in [5.74, 6) is -8.75. The van der Waals surface area contributed by atoms with Crippen LogP contribution in [0.1, 0.15) is 180 Å². The minimum atomic E-state index is -1.66. The molecule has 30 heteroatoms. The number of rotatable bonds is 50. The van der Waals surface area contributed by atoms with Crippen molar-refractivity contribution >= 4 is 70.9 Å². The van der Waals surface area contributed by atoms with Gasteiger partial charge in [0.1, 0.15) is 60.1 Å². The van der Waals surface area contributed by atoms with Crippen molar-refractivity contribution < 1.29 is 63.3 Å². The highest BCUT2D eigenvalue weighted by molar-refractivity contribution is 5.99. The topological polar surface area (TPSA) is 497 Å². The van der Waals surface area contributed by atoms with E-state index in [-0.39, 0.29) is 100 Å². The van der Waals surface area contributed by atoms with Gasteiger partial charge in [-0.1, -0.05) is 140 Å². The number of benzene rings is 2. The first-order valence-electron chi connectivity index (χ1n) is 34.6. The van der Waals surface area contributed by atoms with Crippen LogP contribution < -0.4 is 70.8 Å². The number of aromatic hydroxyl groups is 1. The first-order valence-corrected chi connectivity index (χ1v) is 34.6. The van der Waals surface area contributed by atoms with Gasteiger partial charge in [-0.3, -0.25) is 57.9 Å². The summed E-state index contributed by atoms with van der Waals surface area (Å²) in [5, 5.41) is 54.2. The van der Waals surface area contributed by atoms with Gasteiger partial charge >= 0.3 is 0 Å². The number of aliphatic imine (C=N–C) groups is 2. The lowest BCUT2D eigenvalue weighted by Crippen LogP contribution is -2.61. The van der Waals surface area contributed by atoms with Gasteiger partial charge in [-0.05, 0) is 88.5 Å². The zero-order valence-corrected chi connectivity index (χ0v) is 58.5. The predicted octanol–water partition coefficient (Wildman–Crippen LogP) is 1.12. The van der Waals surface area contributed by atoms with E-state index < -0.39 is 120 Å². The third-order valence-electron chi connectivity index (χ3n) is 16.3. The predicted molar refractivity (Wildman–Crippen MR) is 376 cm³/mol. The molecule has 0 unspecified atom stereocenters. The molecule has 99 heavy (non-hydrogen) atoms. The van der Waals surface area contributed by atoms with E-state index in [9.17, 15) is 63.3 Å². The second-order valence-corrected chi connectivity index (χ2v) is 25.6. The zero-order chi connectivity index (χ0) is 73.2. The Morgan fingerprint density at radius 3 is 1.35 bits per heavy atom. The molecule has 2 aromatic carbocycles. The summed E-state index contributed by atoms with van der Waals surface area (Å²) in [6, 6.07) is 1.91. The largest absolute Gasteiger partial charge is 0.508 e. The Hall–Kier alpha value is -9.19. The zero-order valence-electron chi connectivity index (χ0n) is 58.5. The van der Waals surface area contributed by atoms with E-state index in [2.05, 4.69) is 74.7 Å². The normalized spacial score (nSPS) is 14.2. The minimum Gasteiger partial charge on any atom is -0.508 e. The van der Waals surface area contributed by atoms with Crippen molar-refractivity contribution in [2.24, 2.45) is 38.8 Å². The molecular formula is C69H111N17O13. The Morgan fingerprint density at radius 1 is 0.495 bits per heavy atom. The maximum atomic E-state index is 14.9. The highest BCUT2D eigenvalue weighted by Gasteiger charge is 2.36. The van der Waals surface area contributed by atoms with Crippen molar-refractivity contribution in [3.63, 3.8) is 0 Å². The molecule has 0 saturated carbocycles. The number of Topliss-reactive ketones (excluding diaryl/α,β-unsaturated/α-hetero) is 1. The molecule has 0 aliphatic rings. The van der Waals surface area contributed by atoms with Gasteiger partial charge in [0.15, 0.2) is 17.7 Å². The average Bonchev–Trinajstić information content (AvgIpc) is 1.24. The SMILES string of the molecule is CCCCCCCCCCCCCCCC(=O)N[C@@H](C)C(=O)N[C@@H](Cc1ccc(O)cc1)C(=O)N[C@@H](Cc1ccccc1)C(=O)N[C@@H](CCCN=C(N)N)C(=O)N[C@@H](CCCN=C(N)N)C(=O)N[C@@H](CC(C)C)C(=O)N[C@@H](Cc1cnc[nH]1)C(=O)N[C@@H](CO)C(=O)N[C@H](C(C)=O)[C@@H](C)O. The number of nitrogens with two attached hydrogens (primary N) is 4. The molecule has 3 aromatic rings. The van der Waals surface area contributed by atoms with Crippen molar-refractivity contribution in [1.82, 2.24) is 57.8 Å². The number of aromatic nitrogens is 2. The second kappa shape index (κ2) is 46.9. The number of carbonyl (C=O) groups is 10. The number of H-pyrrole nitrogens is 1. The molecule has 550 valence electrons. The monoisotopic (exact) mass is 1390 g/mol. The van der Waals surface area contributed by atoms with Gasteiger partial charge in [-0.15, -0.1) is 0 Å². The molecule has 1 aromatic heterocycles. The number of nitrogens with one attached hydrogen (secondary N) is 10. The first-order chi connectivity index (χ1) is 47.2. The Labute approximate surface area is 581 Å². The van der Waals surface area contributed by atoms with Crippen LogP contribution in [0.25, 0.3) is 0 Å². The standard InChI is InChI=1S/C69H111N17O13/c1-7-8-9-10-11-12-13-14-15-16-17-18-22-29-58(91)78-44(4)60(92)81-54(38-48-30-32-50(90)33-31-48)65(97)83-55(37-47-25-20-19-21-26-47)64(96)80-51(27-23-34-75-68(70)71)61(93)79-52(28-24-35-76-69(72)73)62(94)82-53(36-43(2)3)63(95)84-56(39-49-40-74-42-77-49)66(98)85-57(41-87)67(99)86-59(45(5)88)46(6)89/h19-21,25-26,30-33,40,42-45,51-57,59,87-88,90H,7-18,22-24,27-29,34-39,41H2,1-6H3,(H,74,77)(H,78,91)(H,79,93)(H,80,96)(H,81,92)(H,82,94)(H,83,97)(H,84,95)(H,85,98)(H,86,99)(H4,70,71,75)(H4,72,73,76)/t44-,45+,51-,52-,53-,54-,55-,56-,57-,59-/m0/s1. The van der Waals surface area contributed by atoms with Crippen LogP contribution in [0, 0.1) is 5.92 Å². The average molecular weight is 1390 g/mol. The molecule has 0 saturated heterocycles. The van der Waals surface area contributed by atoms with Crippen molar-refractivity contribution in [1.29, 1.82) is 0 Å². The van der Waals surface area contributed by atoms with Gasteiger partial charge < -0.3 is 91.1 Å². The first kappa shape index (κ1) is 84.0. The highest BCUT2D eigenvalue weighted by atomic mass is 16.3. The van der Waals surface area contributed by atoms with E-state index in [4.69, 9.17) is 22.9 Å². The summed E-state index contributed by atoms with van der Waals surface area (Å²) in [7, 11) is 0. The lowest BCUT2D eigenvalue weighted by Gasteiger charge is -2.28. The summed E-state index contributed by atoms with van der Waals surface area (Å²) in [5.41, 5.74) is 24.0. The Morgan fingerprint density at radius 2 is 0.909 bits per heavy atom. The van der Waals surface area contributed by atoms with Crippen LogP contribution >= 0.6 is 0 Å². The van der Waals surface area contributed by atoms with Gasteiger partial charge in [-0.2, -0.15) is 0 Å². The number of nitrogens with zero attached hydrogens (tertiary/aromatic N) is 3. The molecule has 3 rings (SSSR count). The number of ketones is 1. The van der Waals surface area contributed by atoms with Crippen LogP contribution in [-0.2, 0) is 67.2 Å². The fourth-order valence-corrected chi connectivity index (χ4v) is 10.8. The van der Waals surface area contributed by atoms with E-state index in [1.54, 1.807) is 56.3 Å². The van der Waals surface area contributed by atoms with E-state index >= 15 is 0 Å². The van der Waals surface area contributed by atoms with Gasteiger partial charge in [0.2, 0.25) is 53.2 Å². The number of phenols is 1. The summed E-state index contributed by atoms with van der Waals surface area (Å²) in [4.78, 5) is 155. The molecular weight excluding hydrogens is 1270 g/mol. The molecule has 1 heterocycles. The molecule has 0 spiro atoms. The van der Waals surface area contributed by atoms with Crippen molar-refractivity contribution in [3.8, 4) is 5.75 Å². The number of carbonyl (C=O) groups excluding carboxylic acids is 10. The molecule has 30 nitrogen and oxygen atoms in total. The van der Waals surface area contributed by atoms with Crippen molar-refractivity contribution in [3.05, 3.63) is 83.9 Å². The van der Waals surface area contributed by atoms with Crippen LogP contribution in [-0.4, -0.2) is 176 Å². The van der Waals surface area contributed by atoms with E-state index in [1.807, 2.05) is 0 Å². The highest BCUT2D eigenvalue weighted by Crippen LogP contribution is 2.17. The number of unbranched alkanes of at least 4 members (excludes halogenated alkanes) is 12. The number of hydrogen-bond acceptors (Lipinski definition) is 16. The second-order valence-electron chi connectivity index (χ2n) is 25.6. The Kier molecular flexibility index (Phi) is 39.8. The molecule has 0 aliphatic carbocycles. The minimum absolute atomic E-state index is 0.00585. The molecule has 0 radical (unpaired) electrons. The smallest absolute Gasteiger partial charge is 0.245 e. The number of aliphatic hydroxyl groups is 2. The molecule has 21 N–H and O–H groups in total. The molecule has 0 bridgehead atoms. The molecule has 0 fully saturated rings. The number of imidazole rings is 1. The number of aromatic amines is 1. The van der Waals surface area contributed by atoms with Gasteiger partial charge in [-0.25, -0.2) is 4.98 Å². The van der Waals surface area contributed by atoms with Crippen molar-refractivity contribution in [2.75, 3.05) is 19.7 Å². The lowest BCUT2D eigenvalue weighted by atomic mass is 10.0. The number of hydrogen-bond donors (Lipinski definition) is 17. The molecule has 0 aliphatic heterocycles. The van der Waals surface area contributed by atoms with Crippen molar-refractivity contribution in [2.45, 2.75) is 243 Å². The molecule has 10 atom stereocenters. The third kappa shape index (κ3) is 34.7. The van der Waals surface area contributed by atoms with Gasteiger partial charge in [0.05, 0.1) is 19.0 Å². The molecule has 9 amide bonds. The van der Waals surface area contributed by atoms with Crippen LogP contribution in [0.5, 0.6) is 5.75 Å². The van der Waals surface area contributed by atoms with Crippen LogP contribution in [0.15, 0.2) is 77.1 Å².